The van der Waals surface area contributed by atoms with Gasteiger partial charge >= 0.3 is 0 Å². The summed E-state index contributed by atoms with van der Waals surface area (Å²) in [6, 6.07) is 4.60. The Morgan fingerprint density at radius 2 is 1.55 bits per heavy atom. The van der Waals surface area contributed by atoms with Crippen LogP contribution in [-0.4, -0.2) is 33.9 Å². The van der Waals surface area contributed by atoms with E-state index in [2.05, 4.69) is 19.2 Å². The van der Waals surface area contributed by atoms with Crippen molar-refractivity contribution in [3.8, 4) is 17.2 Å². The Morgan fingerprint density at radius 1 is 0.950 bits per heavy atom. The highest BCUT2D eigenvalue weighted by Crippen LogP contribution is 2.38. The van der Waals surface area contributed by atoms with Gasteiger partial charge in [0.05, 0.1) is 21.3 Å². The lowest BCUT2D eigenvalue weighted by molar-refractivity contribution is 0.323. The van der Waals surface area contributed by atoms with Gasteiger partial charge in [-0.15, -0.1) is 0 Å². The Bertz CT molecular complexity index is 380. The molecule has 0 saturated carbocycles. The molecule has 0 fully saturated rings. The Labute approximate surface area is 122 Å². The molecule has 0 heterocycles. The summed E-state index contributed by atoms with van der Waals surface area (Å²) in [7, 11) is 4.92. The summed E-state index contributed by atoms with van der Waals surface area (Å²) in [6.07, 6.45) is 3.31. The zero-order valence-corrected chi connectivity index (χ0v) is 13.3. The molecule has 1 N–H and O–H groups in total. The summed E-state index contributed by atoms with van der Waals surface area (Å²) in [4.78, 5) is 0. The van der Waals surface area contributed by atoms with E-state index in [9.17, 15) is 0 Å². The lowest BCUT2D eigenvalue weighted by Gasteiger charge is -2.14. The molecule has 0 amide bonds. The number of rotatable bonds is 9. The molecule has 0 aliphatic rings. The van der Waals surface area contributed by atoms with Gasteiger partial charge in [0.2, 0.25) is 5.75 Å². The maximum absolute atomic E-state index is 5.36. The van der Waals surface area contributed by atoms with Crippen LogP contribution < -0.4 is 19.5 Å². The maximum Gasteiger partial charge on any atom is 0.203 e. The Morgan fingerprint density at radius 3 is 2.00 bits per heavy atom. The molecule has 0 spiro atoms. The third-order valence-electron chi connectivity index (χ3n) is 3.17. The quantitative estimate of drug-likeness (QED) is 0.706. The van der Waals surface area contributed by atoms with Crippen LogP contribution in [0.5, 0.6) is 17.2 Å². The predicted molar refractivity (Wildman–Crippen MR) is 82.2 cm³/mol. The van der Waals surface area contributed by atoms with Crippen molar-refractivity contribution in [3.05, 3.63) is 17.7 Å². The highest BCUT2D eigenvalue weighted by atomic mass is 16.5. The van der Waals surface area contributed by atoms with E-state index in [0.29, 0.717) is 11.8 Å². The summed E-state index contributed by atoms with van der Waals surface area (Å²) in [5.74, 6) is 2.10. The van der Waals surface area contributed by atoms with Crippen molar-refractivity contribution in [1.82, 2.24) is 5.32 Å². The van der Waals surface area contributed by atoms with E-state index in [0.717, 1.165) is 37.3 Å². The molecule has 0 aromatic heterocycles. The monoisotopic (exact) mass is 281 g/mol. The summed E-state index contributed by atoms with van der Waals surface area (Å²) in [5.41, 5.74) is 1.21. The maximum atomic E-state index is 5.36. The molecule has 0 aliphatic heterocycles. The molecule has 4 nitrogen and oxygen atoms in total. The first kappa shape index (κ1) is 16.6. The number of benzene rings is 1. The second-order valence-electron chi connectivity index (χ2n) is 5.10. The third-order valence-corrected chi connectivity index (χ3v) is 3.17. The van der Waals surface area contributed by atoms with E-state index >= 15 is 0 Å². The van der Waals surface area contributed by atoms with Crippen molar-refractivity contribution in [2.24, 2.45) is 0 Å². The van der Waals surface area contributed by atoms with E-state index < -0.39 is 0 Å². The largest absolute Gasteiger partial charge is 0.493 e. The Hall–Kier alpha value is -1.42. The van der Waals surface area contributed by atoms with E-state index in [4.69, 9.17) is 14.2 Å². The first-order valence-electron chi connectivity index (χ1n) is 7.14. The average Bonchev–Trinajstić information content (AvgIpc) is 2.45. The zero-order chi connectivity index (χ0) is 15.0. The van der Waals surface area contributed by atoms with E-state index in [1.165, 1.54) is 5.56 Å². The first-order valence-corrected chi connectivity index (χ1v) is 7.14. The molecular weight excluding hydrogens is 254 g/mol. The van der Waals surface area contributed by atoms with Crippen molar-refractivity contribution in [1.29, 1.82) is 0 Å². The third kappa shape index (κ3) is 4.93. The van der Waals surface area contributed by atoms with Gasteiger partial charge in [0, 0.05) is 6.04 Å². The Balaban J connectivity index is 2.62. The van der Waals surface area contributed by atoms with Crippen molar-refractivity contribution in [2.75, 3.05) is 27.9 Å². The van der Waals surface area contributed by atoms with Crippen LogP contribution in [0, 0.1) is 0 Å². The summed E-state index contributed by atoms with van der Waals surface area (Å²) in [5, 5.41) is 3.43. The van der Waals surface area contributed by atoms with Gasteiger partial charge in [-0.05, 0) is 43.5 Å². The molecular formula is C16H27NO3. The number of aryl methyl sites for hydroxylation is 1. The van der Waals surface area contributed by atoms with Crippen LogP contribution in [-0.2, 0) is 6.42 Å². The minimum absolute atomic E-state index is 0.552. The molecule has 1 aromatic carbocycles. The molecule has 20 heavy (non-hydrogen) atoms. The van der Waals surface area contributed by atoms with Crippen molar-refractivity contribution in [2.45, 2.75) is 39.2 Å². The molecule has 0 atom stereocenters. The molecule has 4 heteroatoms. The number of methoxy groups -OCH3 is 3. The van der Waals surface area contributed by atoms with Crippen LogP contribution in [0.25, 0.3) is 0 Å². The van der Waals surface area contributed by atoms with Gasteiger partial charge in [-0.1, -0.05) is 13.8 Å². The zero-order valence-electron chi connectivity index (χ0n) is 13.3. The van der Waals surface area contributed by atoms with E-state index in [1.54, 1.807) is 21.3 Å². The van der Waals surface area contributed by atoms with E-state index in [-0.39, 0.29) is 0 Å². The average molecular weight is 281 g/mol. The van der Waals surface area contributed by atoms with Crippen LogP contribution in [0.3, 0.4) is 0 Å². The predicted octanol–water partition coefficient (Wildman–Crippen LogP) is 3.03. The number of nitrogens with one attached hydrogen (secondary N) is 1. The second-order valence-corrected chi connectivity index (χ2v) is 5.10. The van der Waals surface area contributed by atoms with Gasteiger partial charge in [-0.3, -0.25) is 0 Å². The van der Waals surface area contributed by atoms with Crippen molar-refractivity contribution in [3.63, 3.8) is 0 Å². The van der Waals surface area contributed by atoms with Crippen LogP contribution in [0.2, 0.25) is 0 Å². The lowest BCUT2D eigenvalue weighted by Crippen LogP contribution is -2.23. The highest BCUT2D eigenvalue weighted by Gasteiger charge is 2.12. The fraction of sp³-hybridized carbons (Fsp3) is 0.625. The van der Waals surface area contributed by atoms with E-state index in [1.807, 2.05) is 12.1 Å². The molecule has 0 bridgehead atoms. The topological polar surface area (TPSA) is 39.7 Å². The fourth-order valence-corrected chi connectivity index (χ4v) is 2.12. The molecule has 0 aliphatic carbocycles. The minimum atomic E-state index is 0.552. The molecule has 0 radical (unpaired) electrons. The molecule has 0 saturated heterocycles. The molecule has 0 unspecified atom stereocenters. The fourth-order valence-electron chi connectivity index (χ4n) is 2.12. The smallest absolute Gasteiger partial charge is 0.203 e. The molecule has 114 valence electrons. The van der Waals surface area contributed by atoms with Gasteiger partial charge < -0.3 is 19.5 Å². The SMILES string of the molecule is COc1cc(CCCCNC(C)C)cc(OC)c1OC. The standard InChI is InChI=1S/C16H27NO3/c1-12(2)17-9-7-6-8-13-10-14(18-3)16(20-5)15(11-13)19-4/h10-12,17H,6-9H2,1-5H3. The van der Waals surface area contributed by atoms with Crippen LogP contribution in [0.4, 0.5) is 0 Å². The highest BCUT2D eigenvalue weighted by molar-refractivity contribution is 5.53. The van der Waals surface area contributed by atoms with Crippen molar-refractivity contribution < 1.29 is 14.2 Å². The first-order chi connectivity index (χ1) is 9.62. The second kappa shape index (κ2) is 8.69. The summed E-state index contributed by atoms with van der Waals surface area (Å²) in [6.45, 7) is 5.39. The normalized spacial score (nSPS) is 10.7. The number of ether oxygens (including phenoxy) is 3. The van der Waals surface area contributed by atoms with Crippen LogP contribution in [0.15, 0.2) is 12.1 Å². The van der Waals surface area contributed by atoms with Gasteiger partial charge in [-0.2, -0.15) is 0 Å². The van der Waals surface area contributed by atoms with Gasteiger partial charge in [0.25, 0.3) is 0 Å². The number of hydrogen-bond donors (Lipinski definition) is 1. The lowest BCUT2D eigenvalue weighted by atomic mass is 10.1. The van der Waals surface area contributed by atoms with Gasteiger partial charge in [0.1, 0.15) is 0 Å². The Kier molecular flexibility index (Phi) is 7.23. The van der Waals surface area contributed by atoms with Crippen LogP contribution in [0.1, 0.15) is 32.3 Å². The summed E-state index contributed by atoms with van der Waals surface area (Å²) < 4.78 is 16.0. The van der Waals surface area contributed by atoms with Gasteiger partial charge in [0.15, 0.2) is 11.5 Å². The summed E-state index contributed by atoms with van der Waals surface area (Å²) >= 11 is 0. The molecule has 1 rings (SSSR count). The van der Waals surface area contributed by atoms with Gasteiger partial charge in [-0.25, -0.2) is 0 Å². The van der Waals surface area contributed by atoms with Crippen LogP contribution >= 0.6 is 0 Å². The number of unbranched alkanes of at least 4 members (excludes halogenated alkanes) is 1. The van der Waals surface area contributed by atoms with Crippen molar-refractivity contribution >= 4 is 0 Å². The number of hydrogen-bond acceptors (Lipinski definition) is 4. The minimum Gasteiger partial charge on any atom is -0.493 e. The molecule has 1 aromatic rings.